The maximum absolute atomic E-state index is 5.99. The van der Waals surface area contributed by atoms with E-state index in [4.69, 9.17) is 23.2 Å². The zero-order chi connectivity index (χ0) is 15.1. The molecule has 4 rings (SSSR count). The standard InChI is InChI=1S/C12H8Cl2N8/c13-9-7-11(17-3-15-9)21(5-19-7)1-2-22-6-20-8-10(14)16-4-18-12(8)22/h3-6H,1-2H2. The van der Waals surface area contributed by atoms with Crippen molar-refractivity contribution in [1.82, 2.24) is 39.0 Å². The Balaban J connectivity index is 1.66. The van der Waals surface area contributed by atoms with E-state index in [0.717, 1.165) is 0 Å². The van der Waals surface area contributed by atoms with Gasteiger partial charge in [0.25, 0.3) is 0 Å². The van der Waals surface area contributed by atoms with Crippen molar-refractivity contribution in [3.05, 3.63) is 35.6 Å². The van der Waals surface area contributed by atoms with E-state index in [0.29, 0.717) is 45.7 Å². The summed E-state index contributed by atoms with van der Waals surface area (Å²) in [5.41, 5.74) is 2.56. The number of hydrogen-bond acceptors (Lipinski definition) is 6. The first-order chi connectivity index (χ1) is 10.7. The van der Waals surface area contributed by atoms with Gasteiger partial charge in [-0.05, 0) is 0 Å². The monoisotopic (exact) mass is 334 g/mol. The predicted octanol–water partition coefficient (Wildman–Crippen LogP) is 1.97. The van der Waals surface area contributed by atoms with Gasteiger partial charge in [-0.1, -0.05) is 23.2 Å². The van der Waals surface area contributed by atoms with Gasteiger partial charge >= 0.3 is 0 Å². The van der Waals surface area contributed by atoms with Gasteiger partial charge in [-0.15, -0.1) is 0 Å². The van der Waals surface area contributed by atoms with Crippen molar-refractivity contribution in [2.75, 3.05) is 0 Å². The molecule has 8 nitrogen and oxygen atoms in total. The average molecular weight is 335 g/mol. The molecule has 0 atom stereocenters. The maximum atomic E-state index is 5.99. The highest BCUT2D eigenvalue weighted by Gasteiger charge is 2.11. The Labute approximate surface area is 133 Å². The highest BCUT2D eigenvalue weighted by molar-refractivity contribution is 6.33. The average Bonchev–Trinajstić information content (AvgIpc) is 3.11. The summed E-state index contributed by atoms with van der Waals surface area (Å²) in [5.74, 6) is 0. The third kappa shape index (κ3) is 2.08. The molecule has 4 heterocycles. The van der Waals surface area contributed by atoms with Crippen molar-refractivity contribution in [3.63, 3.8) is 0 Å². The Morgan fingerprint density at radius 3 is 1.59 bits per heavy atom. The fourth-order valence-corrected chi connectivity index (χ4v) is 2.60. The number of imidazole rings is 2. The van der Waals surface area contributed by atoms with Crippen molar-refractivity contribution in [2.24, 2.45) is 0 Å². The van der Waals surface area contributed by atoms with Gasteiger partial charge in [0.05, 0.1) is 12.7 Å². The zero-order valence-corrected chi connectivity index (χ0v) is 12.6. The molecule has 0 aliphatic carbocycles. The lowest BCUT2D eigenvalue weighted by Gasteiger charge is -2.05. The minimum absolute atomic E-state index is 0.344. The van der Waals surface area contributed by atoms with Crippen LogP contribution in [-0.2, 0) is 13.1 Å². The van der Waals surface area contributed by atoms with Gasteiger partial charge in [-0.2, -0.15) is 0 Å². The summed E-state index contributed by atoms with van der Waals surface area (Å²) in [4.78, 5) is 24.7. The maximum Gasteiger partial charge on any atom is 0.164 e. The van der Waals surface area contributed by atoms with Crippen molar-refractivity contribution in [1.29, 1.82) is 0 Å². The minimum Gasteiger partial charge on any atom is -0.313 e. The smallest absolute Gasteiger partial charge is 0.164 e. The second kappa shape index (κ2) is 5.15. The van der Waals surface area contributed by atoms with E-state index in [1.165, 1.54) is 12.7 Å². The van der Waals surface area contributed by atoms with Crippen LogP contribution >= 0.6 is 23.2 Å². The summed E-state index contributed by atoms with van der Waals surface area (Å²) in [6.45, 7) is 1.27. The fraction of sp³-hybridized carbons (Fsp3) is 0.167. The molecule has 0 saturated heterocycles. The summed E-state index contributed by atoms with van der Waals surface area (Å²) < 4.78 is 3.80. The topological polar surface area (TPSA) is 87.2 Å². The molecule has 0 amide bonds. The van der Waals surface area contributed by atoms with Crippen LogP contribution in [0.1, 0.15) is 0 Å². The van der Waals surface area contributed by atoms with Gasteiger partial charge in [0.15, 0.2) is 21.6 Å². The first-order valence-corrected chi connectivity index (χ1v) is 7.12. The highest BCUT2D eigenvalue weighted by atomic mass is 35.5. The Morgan fingerprint density at radius 2 is 1.14 bits per heavy atom. The molecule has 10 heteroatoms. The molecular formula is C12H8Cl2N8. The molecule has 0 aliphatic rings. The molecule has 22 heavy (non-hydrogen) atoms. The third-order valence-corrected chi connectivity index (χ3v) is 3.85. The van der Waals surface area contributed by atoms with E-state index in [1.54, 1.807) is 12.7 Å². The van der Waals surface area contributed by atoms with E-state index >= 15 is 0 Å². The molecule has 110 valence electrons. The normalized spacial score (nSPS) is 11.5. The van der Waals surface area contributed by atoms with Crippen LogP contribution in [0.2, 0.25) is 10.3 Å². The summed E-state index contributed by atoms with van der Waals surface area (Å²) in [5, 5.41) is 0.688. The molecule has 0 spiro atoms. The van der Waals surface area contributed by atoms with Crippen molar-refractivity contribution in [2.45, 2.75) is 13.1 Å². The summed E-state index contributed by atoms with van der Waals surface area (Å²) in [6.07, 6.45) is 6.21. The zero-order valence-electron chi connectivity index (χ0n) is 11.1. The molecule has 0 bridgehead atoms. The van der Waals surface area contributed by atoms with Crippen LogP contribution < -0.4 is 0 Å². The number of rotatable bonds is 3. The summed E-state index contributed by atoms with van der Waals surface area (Å²) in [6, 6.07) is 0. The summed E-state index contributed by atoms with van der Waals surface area (Å²) >= 11 is 12.0. The van der Waals surface area contributed by atoms with Gasteiger partial charge in [-0.25, -0.2) is 29.9 Å². The van der Waals surface area contributed by atoms with Crippen molar-refractivity contribution in [3.8, 4) is 0 Å². The third-order valence-electron chi connectivity index (χ3n) is 3.29. The minimum atomic E-state index is 0.344. The van der Waals surface area contributed by atoms with Crippen LogP contribution in [0.25, 0.3) is 22.3 Å². The van der Waals surface area contributed by atoms with Gasteiger partial charge in [0.1, 0.15) is 23.7 Å². The van der Waals surface area contributed by atoms with Crippen LogP contribution in [-0.4, -0.2) is 39.0 Å². The predicted molar refractivity (Wildman–Crippen MR) is 80.7 cm³/mol. The first-order valence-electron chi connectivity index (χ1n) is 6.36. The molecular weight excluding hydrogens is 327 g/mol. The van der Waals surface area contributed by atoms with Crippen molar-refractivity contribution < 1.29 is 0 Å². The molecule has 4 aromatic heterocycles. The van der Waals surface area contributed by atoms with Gasteiger partial charge < -0.3 is 9.13 Å². The lowest BCUT2D eigenvalue weighted by molar-refractivity contribution is 0.594. The van der Waals surface area contributed by atoms with Crippen LogP contribution in [0.15, 0.2) is 25.3 Å². The van der Waals surface area contributed by atoms with Crippen LogP contribution in [0, 0.1) is 0 Å². The van der Waals surface area contributed by atoms with E-state index < -0.39 is 0 Å². The van der Waals surface area contributed by atoms with Crippen LogP contribution in [0.3, 0.4) is 0 Å². The second-order valence-electron chi connectivity index (χ2n) is 4.55. The van der Waals surface area contributed by atoms with Gasteiger partial charge in [-0.3, -0.25) is 0 Å². The van der Waals surface area contributed by atoms with E-state index in [1.807, 2.05) is 9.13 Å². The Bertz CT molecular complexity index is 896. The molecule has 4 aromatic rings. The molecule has 0 unspecified atom stereocenters. The number of hydrogen-bond donors (Lipinski definition) is 0. The lowest BCUT2D eigenvalue weighted by Crippen LogP contribution is -2.07. The van der Waals surface area contributed by atoms with Crippen LogP contribution in [0.4, 0.5) is 0 Å². The van der Waals surface area contributed by atoms with Crippen molar-refractivity contribution >= 4 is 45.5 Å². The fourth-order valence-electron chi connectivity index (χ4n) is 2.25. The molecule has 0 aromatic carbocycles. The van der Waals surface area contributed by atoms with E-state index in [9.17, 15) is 0 Å². The number of nitrogens with zero attached hydrogens (tertiary/aromatic N) is 8. The molecule has 0 saturated carbocycles. The SMILES string of the molecule is Clc1ncnc2c1ncn2CCn1cnc2c(Cl)ncnc21. The lowest BCUT2D eigenvalue weighted by atomic mass is 10.5. The van der Waals surface area contributed by atoms with E-state index in [-0.39, 0.29) is 0 Å². The second-order valence-corrected chi connectivity index (χ2v) is 5.27. The Kier molecular flexibility index (Phi) is 3.12. The molecule has 0 fully saturated rings. The number of halogens is 2. The number of fused-ring (bicyclic) bond motifs is 2. The quantitative estimate of drug-likeness (QED) is 0.532. The molecule has 0 radical (unpaired) electrons. The number of aromatic nitrogens is 8. The van der Waals surface area contributed by atoms with Gasteiger partial charge in [0.2, 0.25) is 0 Å². The van der Waals surface area contributed by atoms with Gasteiger partial charge in [0, 0.05) is 13.1 Å². The molecule has 0 aliphatic heterocycles. The van der Waals surface area contributed by atoms with Crippen LogP contribution in [0.5, 0.6) is 0 Å². The summed E-state index contributed by atoms with van der Waals surface area (Å²) in [7, 11) is 0. The largest absolute Gasteiger partial charge is 0.313 e. The number of aryl methyl sites for hydroxylation is 2. The molecule has 0 N–H and O–H groups in total. The first kappa shape index (κ1) is 13.4. The Morgan fingerprint density at radius 1 is 0.682 bits per heavy atom. The Hall–Kier alpha value is -2.32. The van der Waals surface area contributed by atoms with E-state index in [2.05, 4.69) is 29.9 Å². The highest BCUT2D eigenvalue weighted by Crippen LogP contribution is 2.19.